The molecular formula is C17H18N2O. The van der Waals surface area contributed by atoms with E-state index < -0.39 is 0 Å². The molecule has 0 radical (unpaired) electrons. The van der Waals surface area contributed by atoms with Gasteiger partial charge in [-0.15, -0.1) is 0 Å². The number of nitrogens with two attached hydrogens (primary N) is 1. The number of carbonyl (C=O) groups is 1. The van der Waals surface area contributed by atoms with Crippen molar-refractivity contribution >= 4 is 5.78 Å². The summed E-state index contributed by atoms with van der Waals surface area (Å²) in [6.07, 6.45) is 3.87. The Labute approximate surface area is 118 Å². The van der Waals surface area contributed by atoms with E-state index in [0.29, 0.717) is 6.42 Å². The first-order valence-corrected chi connectivity index (χ1v) is 6.97. The van der Waals surface area contributed by atoms with E-state index in [1.165, 1.54) is 5.56 Å². The summed E-state index contributed by atoms with van der Waals surface area (Å²) >= 11 is 0. The van der Waals surface area contributed by atoms with Crippen LogP contribution in [0.2, 0.25) is 0 Å². The molecule has 2 N–H and O–H groups in total. The summed E-state index contributed by atoms with van der Waals surface area (Å²) in [5.74, 6) is 0.141. The molecule has 1 aromatic heterocycles. The highest BCUT2D eigenvalue weighted by Gasteiger charge is 2.22. The number of pyridine rings is 1. The third-order valence-corrected chi connectivity index (χ3v) is 3.97. The minimum Gasteiger partial charge on any atom is -0.321 e. The molecule has 1 aliphatic carbocycles. The standard InChI is InChI=1S/C17H18N2O/c1-11-9-13(7-8-19-11)14-4-2-3-12-5-6-16(18)17(20)10-15(12)14/h2-4,7-9,16H,5-6,10,18H2,1H3. The zero-order valence-electron chi connectivity index (χ0n) is 11.6. The molecule has 2 aromatic rings. The van der Waals surface area contributed by atoms with Gasteiger partial charge in [-0.3, -0.25) is 9.78 Å². The Morgan fingerprint density at radius 1 is 1.30 bits per heavy atom. The maximum Gasteiger partial charge on any atom is 0.153 e. The number of aromatic nitrogens is 1. The van der Waals surface area contributed by atoms with Crippen molar-refractivity contribution < 1.29 is 4.79 Å². The summed E-state index contributed by atoms with van der Waals surface area (Å²) in [5, 5.41) is 0. The molecule has 3 rings (SSSR count). The molecule has 102 valence electrons. The predicted molar refractivity (Wildman–Crippen MR) is 79.4 cm³/mol. The van der Waals surface area contributed by atoms with Crippen molar-refractivity contribution in [1.82, 2.24) is 4.98 Å². The van der Waals surface area contributed by atoms with Crippen LogP contribution in [-0.4, -0.2) is 16.8 Å². The van der Waals surface area contributed by atoms with Crippen LogP contribution in [0.15, 0.2) is 36.5 Å². The molecule has 1 heterocycles. The molecule has 20 heavy (non-hydrogen) atoms. The molecule has 0 spiro atoms. The third kappa shape index (κ3) is 2.37. The summed E-state index contributed by atoms with van der Waals surface area (Å²) in [4.78, 5) is 16.3. The average molecular weight is 266 g/mol. The smallest absolute Gasteiger partial charge is 0.153 e. The van der Waals surface area contributed by atoms with Crippen LogP contribution in [0.5, 0.6) is 0 Å². The molecule has 1 aliphatic rings. The van der Waals surface area contributed by atoms with Gasteiger partial charge in [0.1, 0.15) is 0 Å². The maximum absolute atomic E-state index is 12.1. The molecule has 1 unspecified atom stereocenters. The van der Waals surface area contributed by atoms with Crippen molar-refractivity contribution in [2.45, 2.75) is 32.2 Å². The lowest BCUT2D eigenvalue weighted by molar-refractivity contribution is -0.119. The molecule has 0 bridgehead atoms. The molecule has 0 amide bonds. The van der Waals surface area contributed by atoms with E-state index in [0.717, 1.165) is 35.2 Å². The monoisotopic (exact) mass is 266 g/mol. The highest BCUT2D eigenvalue weighted by molar-refractivity contribution is 5.89. The first-order valence-electron chi connectivity index (χ1n) is 6.97. The number of fused-ring (bicyclic) bond motifs is 1. The van der Waals surface area contributed by atoms with Crippen molar-refractivity contribution in [3.8, 4) is 11.1 Å². The summed E-state index contributed by atoms with van der Waals surface area (Å²) in [7, 11) is 0. The van der Waals surface area contributed by atoms with Gasteiger partial charge in [-0.1, -0.05) is 18.2 Å². The Morgan fingerprint density at radius 3 is 2.95 bits per heavy atom. The van der Waals surface area contributed by atoms with Crippen molar-refractivity contribution in [1.29, 1.82) is 0 Å². The number of aryl methyl sites for hydroxylation is 2. The normalized spacial score (nSPS) is 18.5. The van der Waals surface area contributed by atoms with E-state index in [2.05, 4.69) is 29.2 Å². The molecule has 0 aliphatic heterocycles. The highest BCUT2D eigenvalue weighted by Crippen LogP contribution is 2.30. The van der Waals surface area contributed by atoms with Gasteiger partial charge in [0.25, 0.3) is 0 Å². The molecular weight excluding hydrogens is 248 g/mol. The number of benzene rings is 1. The SMILES string of the molecule is Cc1cc(-c2cccc3c2CC(=O)C(N)CC3)ccn1. The van der Waals surface area contributed by atoms with E-state index in [1.54, 1.807) is 0 Å². The summed E-state index contributed by atoms with van der Waals surface area (Å²) in [6.45, 7) is 1.98. The highest BCUT2D eigenvalue weighted by atomic mass is 16.1. The quantitative estimate of drug-likeness (QED) is 0.807. The Hall–Kier alpha value is -2.00. The van der Waals surface area contributed by atoms with Gasteiger partial charge in [0.15, 0.2) is 5.78 Å². The van der Waals surface area contributed by atoms with Crippen LogP contribution in [0.4, 0.5) is 0 Å². The Kier molecular flexibility index (Phi) is 3.36. The molecule has 1 atom stereocenters. The van der Waals surface area contributed by atoms with Crippen LogP contribution in [0.1, 0.15) is 23.2 Å². The summed E-state index contributed by atoms with van der Waals surface area (Å²) in [5.41, 5.74) is 11.5. The fraction of sp³-hybridized carbons (Fsp3) is 0.294. The molecule has 3 nitrogen and oxygen atoms in total. The second-order valence-electron chi connectivity index (χ2n) is 5.42. The lowest BCUT2D eigenvalue weighted by Crippen LogP contribution is -2.30. The Bertz CT molecular complexity index is 664. The van der Waals surface area contributed by atoms with Crippen LogP contribution >= 0.6 is 0 Å². The fourth-order valence-corrected chi connectivity index (χ4v) is 2.84. The zero-order valence-corrected chi connectivity index (χ0v) is 11.6. The van der Waals surface area contributed by atoms with Gasteiger partial charge < -0.3 is 5.73 Å². The van der Waals surface area contributed by atoms with E-state index in [-0.39, 0.29) is 11.8 Å². The molecule has 1 aromatic carbocycles. The lowest BCUT2D eigenvalue weighted by Gasteiger charge is -2.12. The van der Waals surface area contributed by atoms with Gasteiger partial charge in [-0.2, -0.15) is 0 Å². The second-order valence-corrected chi connectivity index (χ2v) is 5.42. The largest absolute Gasteiger partial charge is 0.321 e. The van der Waals surface area contributed by atoms with Gasteiger partial charge in [0.05, 0.1) is 6.04 Å². The van der Waals surface area contributed by atoms with Crippen molar-refractivity contribution in [3.05, 3.63) is 53.3 Å². The topological polar surface area (TPSA) is 56.0 Å². The number of carbonyl (C=O) groups excluding carboxylic acids is 1. The molecule has 0 fully saturated rings. The number of ketones is 1. The number of rotatable bonds is 1. The van der Waals surface area contributed by atoms with Gasteiger partial charge in [0, 0.05) is 18.3 Å². The maximum atomic E-state index is 12.1. The second kappa shape index (κ2) is 5.17. The Morgan fingerprint density at radius 2 is 2.15 bits per heavy atom. The van der Waals surface area contributed by atoms with Crippen molar-refractivity contribution in [2.24, 2.45) is 5.73 Å². The van der Waals surface area contributed by atoms with E-state index in [9.17, 15) is 4.79 Å². The van der Waals surface area contributed by atoms with Gasteiger partial charge in [0.2, 0.25) is 0 Å². The van der Waals surface area contributed by atoms with Gasteiger partial charge >= 0.3 is 0 Å². The van der Waals surface area contributed by atoms with E-state index in [4.69, 9.17) is 5.73 Å². The number of hydrogen-bond acceptors (Lipinski definition) is 3. The Balaban J connectivity index is 2.12. The van der Waals surface area contributed by atoms with Crippen LogP contribution in [0.25, 0.3) is 11.1 Å². The molecule has 0 saturated carbocycles. The molecule has 3 heteroatoms. The first-order chi connectivity index (χ1) is 9.65. The van der Waals surface area contributed by atoms with E-state index >= 15 is 0 Å². The first kappa shape index (κ1) is 13.0. The molecule has 0 saturated heterocycles. The zero-order chi connectivity index (χ0) is 14.1. The number of nitrogens with zero attached hydrogens (tertiary/aromatic N) is 1. The van der Waals surface area contributed by atoms with Gasteiger partial charge in [-0.25, -0.2) is 0 Å². The minimum absolute atomic E-state index is 0.141. The predicted octanol–water partition coefficient (Wildman–Crippen LogP) is 2.44. The van der Waals surface area contributed by atoms with Crippen LogP contribution < -0.4 is 5.73 Å². The van der Waals surface area contributed by atoms with Crippen LogP contribution in [0, 0.1) is 6.92 Å². The van der Waals surface area contributed by atoms with Crippen LogP contribution in [-0.2, 0) is 17.6 Å². The average Bonchev–Trinajstić information content (AvgIpc) is 2.59. The number of Topliss-reactive ketones (excluding diaryl/α,β-unsaturated/α-hetero) is 1. The lowest BCUT2D eigenvalue weighted by atomic mass is 9.92. The fourth-order valence-electron chi connectivity index (χ4n) is 2.84. The van der Waals surface area contributed by atoms with E-state index in [1.807, 2.05) is 19.2 Å². The van der Waals surface area contributed by atoms with Crippen molar-refractivity contribution in [3.63, 3.8) is 0 Å². The van der Waals surface area contributed by atoms with Crippen LogP contribution in [0.3, 0.4) is 0 Å². The third-order valence-electron chi connectivity index (χ3n) is 3.97. The van der Waals surface area contributed by atoms with Gasteiger partial charge in [-0.05, 0) is 54.2 Å². The number of hydrogen-bond donors (Lipinski definition) is 1. The van der Waals surface area contributed by atoms with Crippen molar-refractivity contribution in [2.75, 3.05) is 0 Å². The minimum atomic E-state index is -0.325. The summed E-state index contributed by atoms with van der Waals surface area (Å²) in [6, 6.07) is 9.98. The summed E-state index contributed by atoms with van der Waals surface area (Å²) < 4.78 is 0.